The van der Waals surface area contributed by atoms with Crippen LogP contribution in [0.5, 0.6) is 0 Å². The lowest BCUT2D eigenvalue weighted by Crippen LogP contribution is -2.23. The third-order valence-corrected chi connectivity index (χ3v) is 5.12. The summed E-state index contributed by atoms with van der Waals surface area (Å²) in [5, 5.41) is 12.1. The SMILES string of the molecule is OC1(c2cc3ccccc3s2)CCCCCC1. The Hall–Kier alpha value is -0.860. The number of hydrogen-bond acceptors (Lipinski definition) is 2. The maximum atomic E-state index is 10.8. The van der Waals surface area contributed by atoms with Gasteiger partial charge in [0.15, 0.2) is 0 Å². The van der Waals surface area contributed by atoms with Gasteiger partial charge < -0.3 is 5.11 Å². The smallest absolute Gasteiger partial charge is 0.0988 e. The lowest BCUT2D eigenvalue weighted by Gasteiger charge is -2.25. The van der Waals surface area contributed by atoms with E-state index in [1.165, 1.54) is 27.8 Å². The molecule has 0 unspecified atom stereocenters. The van der Waals surface area contributed by atoms with Crippen LogP contribution in [0.15, 0.2) is 30.3 Å². The van der Waals surface area contributed by atoms with Gasteiger partial charge in [-0.25, -0.2) is 0 Å². The number of rotatable bonds is 1. The van der Waals surface area contributed by atoms with Crippen molar-refractivity contribution in [2.24, 2.45) is 0 Å². The fourth-order valence-electron chi connectivity index (χ4n) is 2.77. The lowest BCUT2D eigenvalue weighted by atomic mass is 9.92. The first-order valence-electron chi connectivity index (χ1n) is 6.49. The van der Waals surface area contributed by atoms with Crippen LogP contribution in [0.1, 0.15) is 43.4 Å². The molecule has 1 aromatic carbocycles. The topological polar surface area (TPSA) is 20.2 Å². The van der Waals surface area contributed by atoms with Crippen molar-refractivity contribution in [3.05, 3.63) is 35.2 Å². The Balaban J connectivity index is 2.01. The van der Waals surface area contributed by atoms with E-state index < -0.39 is 5.60 Å². The molecule has 0 bridgehead atoms. The molecule has 0 amide bonds. The lowest BCUT2D eigenvalue weighted by molar-refractivity contribution is 0.0245. The first-order chi connectivity index (χ1) is 8.28. The molecule has 0 saturated heterocycles. The van der Waals surface area contributed by atoms with Crippen LogP contribution in [0.25, 0.3) is 10.1 Å². The van der Waals surface area contributed by atoms with Crippen molar-refractivity contribution in [3.8, 4) is 0 Å². The molecule has 1 N–H and O–H groups in total. The molecule has 1 heterocycles. The van der Waals surface area contributed by atoms with E-state index in [0.717, 1.165) is 25.7 Å². The van der Waals surface area contributed by atoms with Crippen molar-refractivity contribution in [1.29, 1.82) is 0 Å². The Morgan fingerprint density at radius 3 is 2.41 bits per heavy atom. The second-order valence-corrected chi connectivity index (χ2v) is 6.18. The molecular formula is C15H18OS. The Bertz CT molecular complexity index is 473. The van der Waals surface area contributed by atoms with Gasteiger partial charge in [-0.1, -0.05) is 43.9 Å². The van der Waals surface area contributed by atoms with E-state index in [0.29, 0.717) is 0 Å². The predicted molar refractivity (Wildman–Crippen MR) is 73.4 cm³/mol. The van der Waals surface area contributed by atoms with E-state index >= 15 is 0 Å². The third-order valence-electron chi connectivity index (χ3n) is 3.81. The highest BCUT2D eigenvalue weighted by molar-refractivity contribution is 7.19. The fraction of sp³-hybridized carbons (Fsp3) is 0.467. The molecule has 2 aromatic rings. The second kappa shape index (κ2) is 4.43. The molecule has 0 spiro atoms. The molecule has 1 aliphatic rings. The first kappa shape index (κ1) is 11.2. The summed E-state index contributed by atoms with van der Waals surface area (Å²) in [5.41, 5.74) is -0.555. The van der Waals surface area contributed by atoms with Gasteiger partial charge in [0.1, 0.15) is 0 Å². The summed E-state index contributed by atoms with van der Waals surface area (Å²) in [6, 6.07) is 10.6. The molecule has 2 heteroatoms. The molecule has 1 fully saturated rings. The summed E-state index contributed by atoms with van der Waals surface area (Å²) >= 11 is 1.76. The zero-order valence-electron chi connectivity index (χ0n) is 9.98. The van der Waals surface area contributed by atoms with Crippen LogP contribution in [0.2, 0.25) is 0 Å². The molecule has 1 aromatic heterocycles. The summed E-state index contributed by atoms with van der Waals surface area (Å²) in [5.74, 6) is 0. The van der Waals surface area contributed by atoms with Crippen LogP contribution in [-0.4, -0.2) is 5.11 Å². The Morgan fingerprint density at radius 2 is 1.71 bits per heavy atom. The summed E-state index contributed by atoms with van der Waals surface area (Å²) < 4.78 is 1.29. The first-order valence-corrected chi connectivity index (χ1v) is 7.31. The second-order valence-electron chi connectivity index (χ2n) is 5.09. The van der Waals surface area contributed by atoms with Gasteiger partial charge in [0, 0.05) is 9.58 Å². The van der Waals surface area contributed by atoms with E-state index in [-0.39, 0.29) is 0 Å². The Labute approximate surface area is 106 Å². The number of fused-ring (bicyclic) bond motifs is 1. The van der Waals surface area contributed by atoms with Crippen LogP contribution in [0.4, 0.5) is 0 Å². The highest BCUT2D eigenvalue weighted by Gasteiger charge is 2.31. The maximum absolute atomic E-state index is 10.8. The molecule has 1 aliphatic carbocycles. The molecule has 3 rings (SSSR count). The monoisotopic (exact) mass is 246 g/mol. The Morgan fingerprint density at radius 1 is 1.00 bits per heavy atom. The van der Waals surface area contributed by atoms with E-state index in [1.807, 2.05) is 0 Å². The van der Waals surface area contributed by atoms with Crippen LogP contribution in [0, 0.1) is 0 Å². The maximum Gasteiger partial charge on any atom is 0.0988 e. The normalized spacial score (nSPS) is 20.3. The number of aliphatic hydroxyl groups is 1. The molecule has 0 atom stereocenters. The predicted octanol–water partition coefficient (Wildman–Crippen LogP) is 4.44. The average Bonchev–Trinajstić information content (AvgIpc) is 2.66. The van der Waals surface area contributed by atoms with Gasteiger partial charge in [-0.2, -0.15) is 0 Å². The zero-order valence-corrected chi connectivity index (χ0v) is 10.8. The van der Waals surface area contributed by atoms with Gasteiger partial charge in [0.2, 0.25) is 0 Å². The minimum atomic E-state index is -0.555. The van der Waals surface area contributed by atoms with Gasteiger partial charge in [0.25, 0.3) is 0 Å². The largest absolute Gasteiger partial charge is 0.384 e. The number of thiophene rings is 1. The van der Waals surface area contributed by atoms with E-state index in [2.05, 4.69) is 30.3 Å². The van der Waals surface area contributed by atoms with E-state index in [4.69, 9.17) is 0 Å². The summed E-state index contributed by atoms with van der Waals surface area (Å²) in [7, 11) is 0. The molecule has 0 aliphatic heterocycles. The van der Waals surface area contributed by atoms with Crippen LogP contribution in [0.3, 0.4) is 0 Å². The van der Waals surface area contributed by atoms with Crippen LogP contribution in [-0.2, 0) is 5.60 Å². The minimum Gasteiger partial charge on any atom is -0.384 e. The van der Waals surface area contributed by atoms with Gasteiger partial charge in [0.05, 0.1) is 5.60 Å². The molecule has 1 nitrogen and oxygen atoms in total. The van der Waals surface area contributed by atoms with E-state index in [1.54, 1.807) is 11.3 Å². The van der Waals surface area contributed by atoms with E-state index in [9.17, 15) is 5.11 Å². The summed E-state index contributed by atoms with van der Waals surface area (Å²) in [6.07, 6.45) is 6.72. The standard InChI is InChI=1S/C15H18OS/c16-15(9-5-1-2-6-10-15)14-11-12-7-3-4-8-13(12)17-14/h3-4,7-8,11,16H,1-2,5-6,9-10H2. The van der Waals surface area contributed by atoms with Gasteiger partial charge in [-0.15, -0.1) is 11.3 Å². The highest BCUT2D eigenvalue weighted by Crippen LogP contribution is 2.41. The van der Waals surface area contributed by atoms with Crippen molar-refractivity contribution < 1.29 is 5.11 Å². The summed E-state index contributed by atoms with van der Waals surface area (Å²) in [6.45, 7) is 0. The molecule has 1 saturated carbocycles. The minimum absolute atomic E-state index is 0.555. The number of benzene rings is 1. The quantitative estimate of drug-likeness (QED) is 0.737. The van der Waals surface area contributed by atoms with Crippen molar-refractivity contribution in [1.82, 2.24) is 0 Å². The van der Waals surface area contributed by atoms with Gasteiger partial charge in [-0.05, 0) is 30.4 Å². The Kier molecular flexibility index (Phi) is 2.93. The fourth-order valence-corrected chi connectivity index (χ4v) is 3.98. The third kappa shape index (κ3) is 2.12. The average molecular weight is 246 g/mol. The molecule has 17 heavy (non-hydrogen) atoms. The zero-order chi connectivity index (χ0) is 11.7. The van der Waals surface area contributed by atoms with Crippen LogP contribution >= 0.6 is 11.3 Å². The molecular weight excluding hydrogens is 228 g/mol. The van der Waals surface area contributed by atoms with Gasteiger partial charge in [-0.3, -0.25) is 0 Å². The summed E-state index contributed by atoms with van der Waals surface area (Å²) in [4.78, 5) is 1.17. The van der Waals surface area contributed by atoms with Crippen molar-refractivity contribution in [3.63, 3.8) is 0 Å². The molecule has 90 valence electrons. The van der Waals surface area contributed by atoms with Crippen molar-refractivity contribution in [2.45, 2.75) is 44.1 Å². The van der Waals surface area contributed by atoms with Crippen molar-refractivity contribution >= 4 is 21.4 Å². The van der Waals surface area contributed by atoms with Crippen molar-refractivity contribution in [2.75, 3.05) is 0 Å². The molecule has 0 radical (unpaired) electrons. The number of hydrogen-bond donors (Lipinski definition) is 1. The van der Waals surface area contributed by atoms with Crippen LogP contribution < -0.4 is 0 Å². The highest BCUT2D eigenvalue weighted by atomic mass is 32.1. The van der Waals surface area contributed by atoms with Gasteiger partial charge >= 0.3 is 0 Å².